The van der Waals surface area contributed by atoms with Gasteiger partial charge in [0.05, 0.1) is 6.54 Å². The number of hydrogen-bond acceptors (Lipinski definition) is 2. The van der Waals surface area contributed by atoms with E-state index in [0.29, 0.717) is 6.04 Å². The van der Waals surface area contributed by atoms with Crippen molar-refractivity contribution in [3.05, 3.63) is 53.6 Å². The molecule has 0 bridgehead atoms. The molecule has 1 aromatic heterocycles. The van der Waals surface area contributed by atoms with Gasteiger partial charge in [-0.05, 0) is 19.4 Å². The maximum absolute atomic E-state index is 4.18. The standard InChI is InChI=1S/C13H17N3/c1-10-4-3-5-12(8-10)11(2)16-9-13-14-6-7-15-13/h3-8,11,16H,9H2,1-2H3,(H,14,15)/t11-/m1/s1. The summed E-state index contributed by atoms with van der Waals surface area (Å²) in [6, 6.07) is 8.90. The smallest absolute Gasteiger partial charge is 0.120 e. The van der Waals surface area contributed by atoms with Gasteiger partial charge in [0, 0.05) is 18.4 Å². The van der Waals surface area contributed by atoms with Crippen LogP contribution in [0.4, 0.5) is 0 Å². The fourth-order valence-corrected chi connectivity index (χ4v) is 1.70. The lowest BCUT2D eigenvalue weighted by molar-refractivity contribution is 0.561. The van der Waals surface area contributed by atoms with Gasteiger partial charge < -0.3 is 10.3 Å². The van der Waals surface area contributed by atoms with Gasteiger partial charge in [0.25, 0.3) is 0 Å². The van der Waals surface area contributed by atoms with Crippen LogP contribution in [0.25, 0.3) is 0 Å². The molecule has 0 aliphatic carbocycles. The first kappa shape index (κ1) is 10.9. The van der Waals surface area contributed by atoms with Crippen LogP contribution >= 0.6 is 0 Å². The van der Waals surface area contributed by atoms with Gasteiger partial charge in [0.2, 0.25) is 0 Å². The summed E-state index contributed by atoms with van der Waals surface area (Å²) in [5, 5.41) is 3.43. The Morgan fingerprint density at radius 2 is 2.31 bits per heavy atom. The number of imidazole rings is 1. The second-order valence-corrected chi connectivity index (χ2v) is 4.05. The lowest BCUT2D eigenvalue weighted by atomic mass is 10.1. The van der Waals surface area contributed by atoms with E-state index in [1.165, 1.54) is 11.1 Å². The molecule has 1 atom stereocenters. The predicted molar refractivity (Wildman–Crippen MR) is 65.0 cm³/mol. The van der Waals surface area contributed by atoms with Gasteiger partial charge >= 0.3 is 0 Å². The van der Waals surface area contributed by atoms with Gasteiger partial charge in [0.1, 0.15) is 5.82 Å². The molecular formula is C13H17N3. The summed E-state index contributed by atoms with van der Waals surface area (Å²) in [5.41, 5.74) is 2.61. The van der Waals surface area contributed by atoms with Crippen LogP contribution in [0.1, 0.15) is 29.9 Å². The zero-order valence-corrected chi connectivity index (χ0v) is 9.70. The maximum atomic E-state index is 4.18. The quantitative estimate of drug-likeness (QED) is 0.823. The Kier molecular flexibility index (Phi) is 3.37. The van der Waals surface area contributed by atoms with Crippen LogP contribution in [-0.2, 0) is 6.54 Å². The average molecular weight is 215 g/mol. The highest BCUT2D eigenvalue weighted by atomic mass is 15.0. The second kappa shape index (κ2) is 4.94. The third-order valence-electron chi connectivity index (χ3n) is 2.67. The van der Waals surface area contributed by atoms with Crippen molar-refractivity contribution >= 4 is 0 Å². The first-order valence-electron chi connectivity index (χ1n) is 5.54. The van der Waals surface area contributed by atoms with E-state index in [-0.39, 0.29) is 0 Å². The van der Waals surface area contributed by atoms with E-state index in [0.717, 1.165) is 12.4 Å². The van der Waals surface area contributed by atoms with Crippen LogP contribution in [-0.4, -0.2) is 9.97 Å². The van der Waals surface area contributed by atoms with Gasteiger partial charge in [-0.1, -0.05) is 29.8 Å². The number of aryl methyl sites for hydroxylation is 1. The number of H-pyrrole nitrogens is 1. The first-order valence-corrected chi connectivity index (χ1v) is 5.54. The number of aromatic nitrogens is 2. The fraction of sp³-hybridized carbons (Fsp3) is 0.308. The van der Waals surface area contributed by atoms with E-state index in [1.807, 2.05) is 6.20 Å². The number of nitrogens with zero attached hydrogens (tertiary/aromatic N) is 1. The first-order chi connectivity index (χ1) is 7.75. The van der Waals surface area contributed by atoms with Crippen LogP contribution in [0, 0.1) is 6.92 Å². The van der Waals surface area contributed by atoms with Gasteiger partial charge in [-0.3, -0.25) is 0 Å². The molecule has 84 valence electrons. The van der Waals surface area contributed by atoms with Crippen molar-refractivity contribution in [2.75, 3.05) is 0 Å². The molecule has 0 aliphatic heterocycles. The summed E-state index contributed by atoms with van der Waals surface area (Å²) in [7, 11) is 0. The highest BCUT2D eigenvalue weighted by molar-refractivity contribution is 5.24. The van der Waals surface area contributed by atoms with E-state index in [1.54, 1.807) is 6.20 Å². The predicted octanol–water partition coefficient (Wildman–Crippen LogP) is 2.57. The molecule has 0 aliphatic rings. The highest BCUT2D eigenvalue weighted by Crippen LogP contribution is 2.13. The Labute approximate surface area is 95.9 Å². The molecule has 3 nitrogen and oxygen atoms in total. The maximum Gasteiger partial charge on any atom is 0.120 e. The second-order valence-electron chi connectivity index (χ2n) is 4.05. The van der Waals surface area contributed by atoms with Crippen molar-refractivity contribution in [1.82, 2.24) is 15.3 Å². The Balaban J connectivity index is 1.95. The van der Waals surface area contributed by atoms with Crippen molar-refractivity contribution in [2.24, 2.45) is 0 Å². The molecule has 1 heterocycles. The number of benzene rings is 1. The summed E-state index contributed by atoms with van der Waals surface area (Å²) in [5.74, 6) is 0.972. The monoisotopic (exact) mass is 215 g/mol. The largest absolute Gasteiger partial charge is 0.348 e. The lowest BCUT2D eigenvalue weighted by Gasteiger charge is -2.13. The van der Waals surface area contributed by atoms with Crippen LogP contribution in [0.2, 0.25) is 0 Å². The van der Waals surface area contributed by atoms with Crippen molar-refractivity contribution in [2.45, 2.75) is 26.4 Å². The van der Waals surface area contributed by atoms with Crippen LogP contribution < -0.4 is 5.32 Å². The molecule has 0 amide bonds. The molecule has 0 unspecified atom stereocenters. The normalized spacial score (nSPS) is 12.6. The third kappa shape index (κ3) is 2.70. The molecule has 3 heteroatoms. The van der Waals surface area contributed by atoms with Gasteiger partial charge in [-0.15, -0.1) is 0 Å². The summed E-state index contributed by atoms with van der Waals surface area (Å²) >= 11 is 0. The zero-order chi connectivity index (χ0) is 11.4. The topological polar surface area (TPSA) is 40.7 Å². The van der Waals surface area contributed by atoms with E-state index >= 15 is 0 Å². The molecule has 2 rings (SSSR count). The number of rotatable bonds is 4. The minimum Gasteiger partial charge on any atom is -0.348 e. The summed E-state index contributed by atoms with van der Waals surface area (Å²) in [4.78, 5) is 7.26. The van der Waals surface area contributed by atoms with E-state index < -0.39 is 0 Å². The fourth-order valence-electron chi connectivity index (χ4n) is 1.70. The number of aromatic amines is 1. The molecule has 2 aromatic rings. The summed E-state index contributed by atoms with van der Waals surface area (Å²) in [6.07, 6.45) is 3.61. The molecule has 16 heavy (non-hydrogen) atoms. The minimum atomic E-state index is 0.338. The molecule has 2 N–H and O–H groups in total. The zero-order valence-electron chi connectivity index (χ0n) is 9.70. The molecule has 0 fully saturated rings. The molecule has 0 saturated heterocycles. The number of nitrogens with one attached hydrogen (secondary N) is 2. The van der Waals surface area contributed by atoms with Crippen molar-refractivity contribution in [3.63, 3.8) is 0 Å². The number of hydrogen-bond donors (Lipinski definition) is 2. The highest BCUT2D eigenvalue weighted by Gasteiger charge is 2.05. The lowest BCUT2D eigenvalue weighted by Crippen LogP contribution is -2.18. The van der Waals surface area contributed by atoms with Crippen LogP contribution in [0.5, 0.6) is 0 Å². The molecular weight excluding hydrogens is 198 g/mol. The average Bonchev–Trinajstić information content (AvgIpc) is 2.78. The van der Waals surface area contributed by atoms with Crippen LogP contribution in [0.3, 0.4) is 0 Å². The van der Waals surface area contributed by atoms with Crippen molar-refractivity contribution in [1.29, 1.82) is 0 Å². The molecule has 0 saturated carbocycles. The molecule has 1 aromatic carbocycles. The molecule has 0 radical (unpaired) electrons. The van der Waals surface area contributed by atoms with Gasteiger partial charge in [-0.25, -0.2) is 4.98 Å². The van der Waals surface area contributed by atoms with Crippen molar-refractivity contribution in [3.8, 4) is 0 Å². The summed E-state index contributed by atoms with van der Waals surface area (Å²) < 4.78 is 0. The Hall–Kier alpha value is -1.61. The van der Waals surface area contributed by atoms with Gasteiger partial charge in [0.15, 0.2) is 0 Å². The van der Waals surface area contributed by atoms with Crippen LogP contribution in [0.15, 0.2) is 36.7 Å². The van der Waals surface area contributed by atoms with E-state index in [9.17, 15) is 0 Å². The Bertz CT molecular complexity index is 434. The Morgan fingerprint density at radius 3 is 3.00 bits per heavy atom. The molecule has 0 spiro atoms. The SMILES string of the molecule is Cc1cccc([C@@H](C)NCc2ncc[nH]2)c1. The van der Waals surface area contributed by atoms with Gasteiger partial charge in [-0.2, -0.15) is 0 Å². The Morgan fingerprint density at radius 1 is 1.44 bits per heavy atom. The van der Waals surface area contributed by atoms with Crippen molar-refractivity contribution < 1.29 is 0 Å². The minimum absolute atomic E-state index is 0.338. The van der Waals surface area contributed by atoms with E-state index in [4.69, 9.17) is 0 Å². The van der Waals surface area contributed by atoms with E-state index in [2.05, 4.69) is 53.4 Å². The summed E-state index contributed by atoms with van der Waals surface area (Å²) in [6.45, 7) is 5.04. The third-order valence-corrected chi connectivity index (χ3v) is 2.67.